The van der Waals surface area contributed by atoms with Crippen LogP contribution in [0.15, 0.2) is 29.4 Å². The third-order valence-electron chi connectivity index (χ3n) is 2.26. The van der Waals surface area contributed by atoms with Crippen LogP contribution in [-0.2, 0) is 18.3 Å². The van der Waals surface area contributed by atoms with Crippen LogP contribution in [-0.4, -0.2) is 15.6 Å². The molecule has 4 nitrogen and oxygen atoms in total. The minimum Gasteiger partial charge on any atom is -0.481 e. The quantitative estimate of drug-likeness (QED) is 0.945. The summed E-state index contributed by atoms with van der Waals surface area (Å²) >= 11 is 13.1. The molecule has 1 aromatic heterocycles. The molecule has 2 rings (SSSR count). The van der Waals surface area contributed by atoms with Crippen LogP contribution in [0.4, 0.5) is 5.69 Å². The molecule has 0 saturated heterocycles. The van der Waals surface area contributed by atoms with Crippen molar-refractivity contribution in [3.05, 3.63) is 44.1 Å². The molecule has 0 atom stereocenters. The number of carbonyl (C=O) groups is 1. The zero-order valence-electron chi connectivity index (χ0n) is 9.93. The number of aromatic nitrogens is 1. The molecule has 19 heavy (non-hydrogen) atoms. The number of carboxylic acid groups (broad SMARTS) is 1. The van der Waals surface area contributed by atoms with Crippen molar-refractivity contribution in [1.29, 1.82) is 0 Å². The number of hydrogen-bond acceptors (Lipinski definition) is 3. The Morgan fingerprint density at radius 1 is 1.37 bits per heavy atom. The second kappa shape index (κ2) is 5.77. The van der Waals surface area contributed by atoms with E-state index in [9.17, 15) is 4.79 Å². The highest BCUT2D eigenvalue weighted by Crippen LogP contribution is 2.24. The zero-order valence-corrected chi connectivity index (χ0v) is 12.3. The van der Waals surface area contributed by atoms with Gasteiger partial charge in [-0.2, -0.15) is 0 Å². The van der Waals surface area contributed by atoms with Gasteiger partial charge < -0.3 is 9.67 Å². The van der Waals surface area contributed by atoms with Gasteiger partial charge in [-0.05, 0) is 18.2 Å². The first-order chi connectivity index (χ1) is 8.94. The Balaban J connectivity index is 2.42. The second-order valence-electron chi connectivity index (χ2n) is 3.90. The molecule has 0 spiro atoms. The first-order valence-corrected chi connectivity index (χ1v) is 6.89. The molecule has 0 saturated carbocycles. The van der Waals surface area contributed by atoms with Gasteiger partial charge in [0.1, 0.15) is 0 Å². The number of nitrogens with zero attached hydrogens (tertiary/aromatic N) is 2. The van der Waals surface area contributed by atoms with E-state index in [0.29, 0.717) is 20.5 Å². The van der Waals surface area contributed by atoms with Gasteiger partial charge in [-0.15, -0.1) is 11.3 Å². The van der Waals surface area contributed by atoms with E-state index in [1.807, 2.05) is 7.05 Å². The van der Waals surface area contributed by atoms with E-state index < -0.39 is 5.97 Å². The molecular weight excluding hydrogens is 307 g/mol. The van der Waals surface area contributed by atoms with E-state index in [2.05, 4.69) is 4.99 Å². The van der Waals surface area contributed by atoms with Gasteiger partial charge in [0.15, 0.2) is 4.80 Å². The molecule has 0 aliphatic heterocycles. The van der Waals surface area contributed by atoms with Crippen molar-refractivity contribution in [2.45, 2.75) is 6.42 Å². The van der Waals surface area contributed by atoms with Gasteiger partial charge >= 0.3 is 5.97 Å². The third-order valence-corrected chi connectivity index (χ3v) is 3.77. The van der Waals surface area contributed by atoms with Crippen molar-refractivity contribution >= 4 is 46.2 Å². The molecule has 1 N–H and O–H groups in total. The number of carboxylic acids is 1. The molecule has 2 aromatic rings. The minimum atomic E-state index is -0.862. The van der Waals surface area contributed by atoms with Crippen LogP contribution in [0.1, 0.15) is 4.88 Å². The number of aliphatic carboxylic acids is 1. The summed E-state index contributed by atoms with van der Waals surface area (Å²) in [5.41, 5.74) is 0.636. The highest BCUT2D eigenvalue weighted by molar-refractivity contribution is 7.09. The van der Waals surface area contributed by atoms with Gasteiger partial charge in [-0.1, -0.05) is 23.2 Å². The molecular formula is C12H10Cl2N2O2S. The lowest BCUT2D eigenvalue weighted by Crippen LogP contribution is -2.07. The number of rotatable bonds is 3. The molecule has 1 heterocycles. The molecule has 1 aromatic carbocycles. The summed E-state index contributed by atoms with van der Waals surface area (Å²) in [6.45, 7) is 0. The summed E-state index contributed by atoms with van der Waals surface area (Å²) in [6.07, 6.45) is 1.74. The number of thiazole rings is 1. The van der Waals surface area contributed by atoms with Gasteiger partial charge in [0.25, 0.3) is 0 Å². The summed E-state index contributed by atoms with van der Waals surface area (Å²) < 4.78 is 1.78. The summed E-state index contributed by atoms with van der Waals surface area (Å²) in [6, 6.07) is 5.03. The molecule has 0 aliphatic carbocycles. The van der Waals surface area contributed by atoms with Crippen LogP contribution < -0.4 is 4.80 Å². The number of aryl methyl sites for hydroxylation is 1. The van der Waals surface area contributed by atoms with Crippen molar-refractivity contribution in [2.24, 2.45) is 12.0 Å². The van der Waals surface area contributed by atoms with E-state index in [-0.39, 0.29) is 6.42 Å². The number of halogens is 2. The predicted octanol–water partition coefficient (Wildman–Crippen LogP) is 3.25. The first-order valence-electron chi connectivity index (χ1n) is 5.32. The molecule has 100 valence electrons. The first kappa shape index (κ1) is 14.1. The van der Waals surface area contributed by atoms with Gasteiger partial charge in [-0.3, -0.25) is 4.79 Å². The molecule has 0 aliphatic rings. The van der Waals surface area contributed by atoms with Crippen LogP contribution in [0.25, 0.3) is 0 Å². The maximum Gasteiger partial charge on any atom is 0.308 e. The van der Waals surface area contributed by atoms with Crippen LogP contribution in [0.5, 0.6) is 0 Å². The van der Waals surface area contributed by atoms with Gasteiger partial charge in [0, 0.05) is 28.2 Å². The fourth-order valence-electron chi connectivity index (χ4n) is 1.53. The maximum atomic E-state index is 10.7. The van der Waals surface area contributed by atoms with Gasteiger partial charge in [0.05, 0.1) is 12.1 Å². The Hall–Kier alpha value is -1.30. The van der Waals surface area contributed by atoms with Crippen molar-refractivity contribution in [3.8, 4) is 0 Å². The summed E-state index contributed by atoms with van der Waals surface area (Å²) in [7, 11) is 1.81. The van der Waals surface area contributed by atoms with Crippen molar-refractivity contribution in [1.82, 2.24) is 4.57 Å². The third kappa shape index (κ3) is 3.83. The Morgan fingerprint density at radius 2 is 2.00 bits per heavy atom. The average molecular weight is 317 g/mol. The van der Waals surface area contributed by atoms with E-state index in [1.54, 1.807) is 29.0 Å². The molecule has 0 unspecified atom stereocenters. The Morgan fingerprint density at radius 3 is 2.58 bits per heavy atom. The maximum absolute atomic E-state index is 10.7. The average Bonchev–Trinajstić information content (AvgIpc) is 2.56. The minimum absolute atomic E-state index is 0.00959. The lowest BCUT2D eigenvalue weighted by molar-refractivity contribution is -0.136. The smallest absolute Gasteiger partial charge is 0.308 e. The lowest BCUT2D eigenvalue weighted by atomic mass is 10.3. The van der Waals surface area contributed by atoms with Crippen molar-refractivity contribution < 1.29 is 9.90 Å². The van der Waals surface area contributed by atoms with Crippen molar-refractivity contribution in [2.75, 3.05) is 0 Å². The normalized spacial score (nSPS) is 11.8. The lowest BCUT2D eigenvalue weighted by Gasteiger charge is -1.96. The fourth-order valence-corrected chi connectivity index (χ4v) is 3.04. The Bertz CT molecular complexity index is 671. The van der Waals surface area contributed by atoms with Crippen LogP contribution in [0, 0.1) is 0 Å². The zero-order chi connectivity index (χ0) is 14.0. The van der Waals surface area contributed by atoms with E-state index in [1.165, 1.54) is 11.3 Å². The summed E-state index contributed by atoms with van der Waals surface area (Å²) in [4.78, 5) is 16.5. The molecule has 0 fully saturated rings. The largest absolute Gasteiger partial charge is 0.481 e. The Labute approximate surface area is 123 Å². The Kier molecular flexibility index (Phi) is 4.29. The van der Waals surface area contributed by atoms with Gasteiger partial charge in [0.2, 0.25) is 0 Å². The highest BCUT2D eigenvalue weighted by Gasteiger charge is 2.05. The molecule has 7 heteroatoms. The SMILES string of the molecule is Cn1cc(CC(=O)O)sc1=Nc1cc(Cl)cc(Cl)c1. The molecule has 0 radical (unpaired) electrons. The highest BCUT2D eigenvalue weighted by atomic mass is 35.5. The summed E-state index contributed by atoms with van der Waals surface area (Å²) in [5.74, 6) is -0.862. The molecule has 0 bridgehead atoms. The van der Waals surface area contributed by atoms with Crippen molar-refractivity contribution in [3.63, 3.8) is 0 Å². The topological polar surface area (TPSA) is 54.6 Å². The number of benzene rings is 1. The van der Waals surface area contributed by atoms with E-state index >= 15 is 0 Å². The van der Waals surface area contributed by atoms with Gasteiger partial charge in [-0.25, -0.2) is 4.99 Å². The monoisotopic (exact) mass is 316 g/mol. The number of hydrogen-bond donors (Lipinski definition) is 1. The van der Waals surface area contributed by atoms with E-state index in [0.717, 1.165) is 4.88 Å². The van der Waals surface area contributed by atoms with Crippen LogP contribution in [0.2, 0.25) is 10.0 Å². The van der Waals surface area contributed by atoms with Crippen LogP contribution in [0.3, 0.4) is 0 Å². The summed E-state index contributed by atoms with van der Waals surface area (Å²) in [5, 5.41) is 9.78. The van der Waals surface area contributed by atoms with E-state index in [4.69, 9.17) is 28.3 Å². The molecule has 0 amide bonds. The second-order valence-corrected chi connectivity index (χ2v) is 5.87. The predicted molar refractivity (Wildman–Crippen MR) is 76.3 cm³/mol. The fraction of sp³-hybridized carbons (Fsp3) is 0.167. The standard InChI is InChI=1S/C12H10Cl2N2O2S/c1-16-6-10(5-11(17)18)19-12(16)15-9-3-7(13)2-8(14)4-9/h2-4,6H,5H2,1H3,(H,17,18). The van der Waals surface area contributed by atoms with Crippen LogP contribution >= 0.6 is 34.5 Å².